The lowest BCUT2D eigenvalue weighted by Crippen LogP contribution is -2.20. The molecule has 0 bridgehead atoms. The minimum atomic E-state index is -3.85. The van der Waals surface area contributed by atoms with Crippen LogP contribution in [0.4, 0.5) is 15.8 Å². The molecular formula is C21H18BrFN2O4S. The van der Waals surface area contributed by atoms with E-state index in [1.54, 1.807) is 25.1 Å². The van der Waals surface area contributed by atoms with Gasteiger partial charge in [0.05, 0.1) is 10.6 Å². The number of sulfonamides is 1. The fraction of sp³-hybridized carbons (Fsp3) is 0.0952. The van der Waals surface area contributed by atoms with Crippen molar-refractivity contribution < 1.29 is 22.3 Å². The van der Waals surface area contributed by atoms with E-state index in [4.69, 9.17) is 4.74 Å². The number of hydrogen-bond donors (Lipinski definition) is 2. The van der Waals surface area contributed by atoms with Crippen LogP contribution in [0, 0.1) is 12.7 Å². The number of hydrogen-bond acceptors (Lipinski definition) is 4. The van der Waals surface area contributed by atoms with Gasteiger partial charge in [0.2, 0.25) is 0 Å². The third kappa shape index (κ3) is 5.58. The van der Waals surface area contributed by atoms with E-state index in [-0.39, 0.29) is 23.1 Å². The molecule has 0 saturated carbocycles. The normalized spacial score (nSPS) is 11.0. The van der Waals surface area contributed by atoms with E-state index in [2.05, 4.69) is 26.0 Å². The molecule has 3 aromatic carbocycles. The number of amides is 1. The van der Waals surface area contributed by atoms with E-state index in [0.717, 1.165) is 4.47 Å². The molecule has 0 fully saturated rings. The second-order valence-corrected chi connectivity index (χ2v) is 8.89. The first kappa shape index (κ1) is 21.8. The molecule has 0 aliphatic heterocycles. The maximum absolute atomic E-state index is 13.0. The average molecular weight is 493 g/mol. The van der Waals surface area contributed by atoms with Crippen LogP contribution >= 0.6 is 15.9 Å². The smallest absolute Gasteiger partial charge is 0.262 e. The zero-order valence-corrected chi connectivity index (χ0v) is 18.3. The van der Waals surface area contributed by atoms with Crippen molar-refractivity contribution in [2.24, 2.45) is 0 Å². The summed E-state index contributed by atoms with van der Waals surface area (Å²) in [7, 11) is -3.85. The molecule has 0 aliphatic carbocycles. The molecule has 30 heavy (non-hydrogen) atoms. The van der Waals surface area contributed by atoms with Gasteiger partial charge in [-0.05, 0) is 83.0 Å². The first-order valence-electron chi connectivity index (χ1n) is 8.81. The Balaban J connectivity index is 1.65. The van der Waals surface area contributed by atoms with E-state index in [0.29, 0.717) is 17.0 Å². The molecule has 3 aromatic rings. The first-order valence-corrected chi connectivity index (χ1v) is 11.1. The van der Waals surface area contributed by atoms with Crippen LogP contribution in [0.1, 0.15) is 5.56 Å². The summed E-state index contributed by atoms with van der Waals surface area (Å²) in [6, 6.07) is 16.5. The van der Waals surface area contributed by atoms with Gasteiger partial charge >= 0.3 is 0 Å². The fourth-order valence-corrected chi connectivity index (χ4v) is 4.10. The first-order chi connectivity index (χ1) is 14.2. The number of para-hydroxylation sites is 1. The van der Waals surface area contributed by atoms with Crippen LogP contribution in [0.2, 0.25) is 0 Å². The summed E-state index contributed by atoms with van der Waals surface area (Å²) in [5.41, 5.74) is 1.42. The Morgan fingerprint density at radius 1 is 1.07 bits per heavy atom. The van der Waals surface area contributed by atoms with Crippen LogP contribution in [0.5, 0.6) is 5.75 Å². The molecule has 3 rings (SSSR count). The highest BCUT2D eigenvalue weighted by atomic mass is 79.9. The number of benzene rings is 3. The Labute approximate surface area is 182 Å². The number of carbonyl (C=O) groups excluding carboxylic acids is 1. The molecule has 0 radical (unpaired) electrons. The second kappa shape index (κ2) is 9.27. The minimum Gasteiger partial charge on any atom is -0.483 e. The highest BCUT2D eigenvalue weighted by Gasteiger charge is 2.16. The number of halogens is 2. The van der Waals surface area contributed by atoms with Gasteiger partial charge in [0.1, 0.15) is 11.6 Å². The monoisotopic (exact) mass is 492 g/mol. The van der Waals surface area contributed by atoms with Crippen LogP contribution in [0.15, 0.2) is 76.1 Å². The molecule has 0 spiro atoms. The summed E-state index contributed by atoms with van der Waals surface area (Å²) in [5.74, 6) is -0.423. The molecule has 1 amide bonds. The number of carbonyl (C=O) groups is 1. The van der Waals surface area contributed by atoms with E-state index < -0.39 is 15.8 Å². The van der Waals surface area contributed by atoms with Crippen molar-refractivity contribution in [1.29, 1.82) is 0 Å². The molecule has 0 heterocycles. The van der Waals surface area contributed by atoms with Gasteiger partial charge in [-0.25, -0.2) is 12.8 Å². The van der Waals surface area contributed by atoms with Gasteiger partial charge in [-0.2, -0.15) is 0 Å². The van der Waals surface area contributed by atoms with Crippen LogP contribution in [0.25, 0.3) is 0 Å². The Morgan fingerprint density at radius 2 is 1.77 bits per heavy atom. The van der Waals surface area contributed by atoms with Crippen molar-refractivity contribution in [1.82, 2.24) is 0 Å². The number of ether oxygens (including phenoxy) is 1. The number of rotatable bonds is 7. The Morgan fingerprint density at radius 3 is 2.43 bits per heavy atom. The van der Waals surface area contributed by atoms with Gasteiger partial charge in [-0.3, -0.25) is 9.52 Å². The Kier molecular flexibility index (Phi) is 6.73. The molecule has 0 saturated heterocycles. The predicted molar refractivity (Wildman–Crippen MR) is 117 cm³/mol. The van der Waals surface area contributed by atoms with Crippen molar-refractivity contribution in [2.75, 3.05) is 16.6 Å². The lowest BCUT2D eigenvalue weighted by molar-refractivity contribution is -0.118. The summed E-state index contributed by atoms with van der Waals surface area (Å²) < 4.78 is 46.7. The largest absolute Gasteiger partial charge is 0.483 e. The van der Waals surface area contributed by atoms with Crippen LogP contribution in [-0.2, 0) is 14.8 Å². The average Bonchev–Trinajstić information content (AvgIpc) is 2.70. The highest BCUT2D eigenvalue weighted by molar-refractivity contribution is 9.10. The second-order valence-electron chi connectivity index (χ2n) is 6.36. The van der Waals surface area contributed by atoms with E-state index in [9.17, 15) is 17.6 Å². The summed E-state index contributed by atoms with van der Waals surface area (Å²) >= 11 is 3.35. The zero-order chi connectivity index (χ0) is 21.7. The third-order valence-electron chi connectivity index (χ3n) is 4.06. The van der Waals surface area contributed by atoms with Crippen molar-refractivity contribution in [3.8, 4) is 5.75 Å². The van der Waals surface area contributed by atoms with Crippen LogP contribution in [0.3, 0.4) is 0 Å². The van der Waals surface area contributed by atoms with E-state index >= 15 is 0 Å². The van der Waals surface area contributed by atoms with Crippen molar-refractivity contribution >= 4 is 43.2 Å². The van der Waals surface area contributed by atoms with E-state index in [1.165, 1.54) is 42.5 Å². The number of nitrogens with one attached hydrogen (secondary N) is 2. The Hall–Kier alpha value is -2.91. The summed E-state index contributed by atoms with van der Waals surface area (Å²) in [4.78, 5) is 12.1. The van der Waals surface area contributed by atoms with Crippen molar-refractivity contribution in [3.63, 3.8) is 0 Å². The van der Waals surface area contributed by atoms with Crippen LogP contribution in [-0.4, -0.2) is 20.9 Å². The highest BCUT2D eigenvalue weighted by Crippen LogP contribution is 2.24. The van der Waals surface area contributed by atoms with Crippen molar-refractivity contribution in [3.05, 3.63) is 82.6 Å². The van der Waals surface area contributed by atoms with Gasteiger partial charge in [-0.1, -0.05) is 12.1 Å². The van der Waals surface area contributed by atoms with Gasteiger partial charge in [0, 0.05) is 10.2 Å². The predicted octanol–water partition coefficient (Wildman–Crippen LogP) is 4.71. The zero-order valence-electron chi connectivity index (χ0n) is 15.9. The minimum absolute atomic E-state index is 0.0225. The quantitative estimate of drug-likeness (QED) is 0.499. The lowest BCUT2D eigenvalue weighted by atomic mass is 10.2. The third-order valence-corrected chi connectivity index (χ3v) is 6.13. The van der Waals surface area contributed by atoms with Gasteiger partial charge in [0.25, 0.3) is 15.9 Å². The molecular weight excluding hydrogens is 475 g/mol. The summed E-state index contributed by atoms with van der Waals surface area (Å²) in [6.45, 7) is 1.44. The summed E-state index contributed by atoms with van der Waals surface area (Å²) in [5, 5.41) is 2.72. The lowest BCUT2D eigenvalue weighted by Gasteiger charge is -2.13. The maximum Gasteiger partial charge on any atom is 0.262 e. The number of aryl methyl sites for hydroxylation is 1. The fourth-order valence-electron chi connectivity index (χ4n) is 2.58. The Bertz CT molecular complexity index is 1170. The van der Waals surface area contributed by atoms with Gasteiger partial charge in [-0.15, -0.1) is 0 Å². The molecule has 156 valence electrons. The van der Waals surface area contributed by atoms with Gasteiger partial charge < -0.3 is 10.1 Å². The molecule has 0 atom stereocenters. The number of anilines is 2. The standard InChI is InChI=1S/C21H18BrFN2O4S/c1-14-12-17(30(27,28)25-16-8-6-15(23)7-9-16)10-11-20(14)29-13-21(26)24-19-5-3-2-4-18(19)22/h2-12,25H,13H2,1H3,(H,24,26). The SMILES string of the molecule is Cc1cc(S(=O)(=O)Nc2ccc(F)cc2)ccc1OCC(=O)Nc1ccccc1Br. The summed E-state index contributed by atoms with van der Waals surface area (Å²) in [6.07, 6.45) is 0. The van der Waals surface area contributed by atoms with Crippen LogP contribution < -0.4 is 14.8 Å². The maximum atomic E-state index is 13.0. The van der Waals surface area contributed by atoms with E-state index in [1.807, 2.05) is 6.07 Å². The molecule has 0 aromatic heterocycles. The van der Waals surface area contributed by atoms with Crippen molar-refractivity contribution in [2.45, 2.75) is 11.8 Å². The van der Waals surface area contributed by atoms with Gasteiger partial charge in [0.15, 0.2) is 6.61 Å². The molecule has 2 N–H and O–H groups in total. The topological polar surface area (TPSA) is 84.5 Å². The molecule has 0 aliphatic rings. The molecule has 0 unspecified atom stereocenters. The molecule has 9 heteroatoms. The molecule has 6 nitrogen and oxygen atoms in total.